The molecule has 0 fully saturated rings. The standard InChI is InChI=1S/C10H14NO/c1-8(6-11)10-4-2-3-9(5-10)7-12/h2-5,8H,6-7,11H2,1H3/t8-/m0/s1. The number of nitrogens with two attached hydrogens (primary N) is 1. The van der Waals surface area contributed by atoms with Crippen molar-refractivity contribution in [3.63, 3.8) is 0 Å². The van der Waals surface area contributed by atoms with Gasteiger partial charge in [-0.05, 0) is 23.6 Å². The lowest BCUT2D eigenvalue weighted by atomic mass is 9.99. The molecule has 2 heteroatoms. The molecule has 12 heavy (non-hydrogen) atoms. The van der Waals surface area contributed by atoms with Crippen LogP contribution in [0.1, 0.15) is 24.0 Å². The highest BCUT2D eigenvalue weighted by atomic mass is 16.3. The van der Waals surface area contributed by atoms with Crippen LogP contribution in [-0.2, 0) is 11.7 Å². The first-order valence-corrected chi connectivity index (χ1v) is 4.15. The van der Waals surface area contributed by atoms with Gasteiger partial charge in [0.05, 0.1) is 0 Å². The molecule has 1 aromatic carbocycles. The summed E-state index contributed by atoms with van der Waals surface area (Å²) in [6, 6.07) is 7.70. The van der Waals surface area contributed by atoms with E-state index in [2.05, 4.69) is 6.92 Å². The fraction of sp³-hybridized carbons (Fsp3) is 0.400. The van der Waals surface area contributed by atoms with Crippen molar-refractivity contribution in [1.29, 1.82) is 0 Å². The van der Waals surface area contributed by atoms with Crippen LogP contribution in [0.2, 0.25) is 0 Å². The minimum Gasteiger partial charge on any atom is -0.330 e. The van der Waals surface area contributed by atoms with Crippen LogP contribution in [0.4, 0.5) is 0 Å². The first-order chi connectivity index (χ1) is 5.77. The van der Waals surface area contributed by atoms with E-state index in [1.807, 2.05) is 24.3 Å². The summed E-state index contributed by atoms with van der Waals surface area (Å²) in [4.78, 5) is 0. The summed E-state index contributed by atoms with van der Waals surface area (Å²) in [5, 5.41) is 10.6. The summed E-state index contributed by atoms with van der Waals surface area (Å²) in [5.74, 6) is 0.344. The predicted molar refractivity (Wildman–Crippen MR) is 48.3 cm³/mol. The Hall–Kier alpha value is -0.860. The van der Waals surface area contributed by atoms with Crippen LogP contribution in [0.15, 0.2) is 24.3 Å². The molecule has 0 heterocycles. The summed E-state index contributed by atoms with van der Waals surface area (Å²) >= 11 is 0. The lowest BCUT2D eigenvalue weighted by Crippen LogP contribution is -2.08. The number of rotatable bonds is 3. The third-order valence-electron chi connectivity index (χ3n) is 2.04. The van der Waals surface area contributed by atoms with Crippen LogP contribution < -0.4 is 5.73 Å². The first-order valence-electron chi connectivity index (χ1n) is 4.15. The second kappa shape index (κ2) is 4.24. The summed E-state index contributed by atoms with van der Waals surface area (Å²) < 4.78 is 0. The van der Waals surface area contributed by atoms with Crippen molar-refractivity contribution in [2.24, 2.45) is 5.73 Å². The Balaban J connectivity index is 2.86. The first kappa shape index (κ1) is 9.23. The molecule has 1 radical (unpaired) electrons. The van der Waals surface area contributed by atoms with Crippen LogP contribution in [0.5, 0.6) is 0 Å². The minimum absolute atomic E-state index is 0.148. The third-order valence-corrected chi connectivity index (χ3v) is 2.04. The van der Waals surface area contributed by atoms with E-state index in [1.54, 1.807) is 0 Å². The lowest BCUT2D eigenvalue weighted by Gasteiger charge is -2.08. The van der Waals surface area contributed by atoms with Gasteiger partial charge in [0.1, 0.15) is 6.61 Å². The van der Waals surface area contributed by atoms with Gasteiger partial charge in [0.15, 0.2) is 0 Å². The zero-order valence-corrected chi connectivity index (χ0v) is 7.29. The van der Waals surface area contributed by atoms with Crippen molar-refractivity contribution >= 4 is 0 Å². The number of hydrogen-bond donors (Lipinski definition) is 1. The Labute approximate surface area is 73.0 Å². The largest absolute Gasteiger partial charge is 0.330 e. The molecule has 0 amide bonds. The van der Waals surface area contributed by atoms with Crippen molar-refractivity contribution in [3.8, 4) is 0 Å². The van der Waals surface area contributed by atoms with Gasteiger partial charge in [0, 0.05) is 0 Å². The second-order valence-corrected chi connectivity index (χ2v) is 3.03. The molecule has 0 bridgehead atoms. The average Bonchev–Trinajstić information content (AvgIpc) is 2.17. The van der Waals surface area contributed by atoms with Crippen LogP contribution >= 0.6 is 0 Å². The summed E-state index contributed by atoms with van der Waals surface area (Å²) in [5.41, 5.74) is 7.52. The van der Waals surface area contributed by atoms with Gasteiger partial charge in [-0.1, -0.05) is 31.2 Å². The van der Waals surface area contributed by atoms with E-state index < -0.39 is 0 Å². The minimum atomic E-state index is -0.148. The topological polar surface area (TPSA) is 45.9 Å². The Morgan fingerprint density at radius 1 is 1.50 bits per heavy atom. The van der Waals surface area contributed by atoms with E-state index in [-0.39, 0.29) is 6.61 Å². The molecular formula is C10H14NO. The number of benzene rings is 1. The van der Waals surface area contributed by atoms with E-state index in [9.17, 15) is 5.11 Å². The monoisotopic (exact) mass is 164 g/mol. The van der Waals surface area contributed by atoms with Crippen LogP contribution in [0.25, 0.3) is 0 Å². The van der Waals surface area contributed by atoms with Crippen molar-refractivity contribution < 1.29 is 5.11 Å². The predicted octanol–water partition coefficient (Wildman–Crippen LogP) is 1.68. The summed E-state index contributed by atoms with van der Waals surface area (Å²) in [7, 11) is 0. The highest BCUT2D eigenvalue weighted by Crippen LogP contribution is 2.15. The van der Waals surface area contributed by atoms with Crippen molar-refractivity contribution in [1.82, 2.24) is 0 Å². The zero-order chi connectivity index (χ0) is 8.97. The molecule has 0 aliphatic heterocycles. The van der Waals surface area contributed by atoms with E-state index in [0.717, 1.165) is 11.1 Å². The highest BCUT2D eigenvalue weighted by molar-refractivity contribution is 5.25. The van der Waals surface area contributed by atoms with Gasteiger partial charge in [-0.25, -0.2) is 5.11 Å². The zero-order valence-electron chi connectivity index (χ0n) is 7.29. The Kier molecular flexibility index (Phi) is 3.26. The van der Waals surface area contributed by atoms with Crippen molar-refractivity contribution in [2.75, 3.05) is 6.54 Å². The fourth-order valence-electron chi connectivity index (χ4n) is 1.13. The molecule has 0 aromatic heterocycles. The van der Waals surface area contributed by atoms with Gasteiger partial charge in [0.2, 0.25) is 0 Å². The van der Waals surface area contributed by atoms with Gasteiger partial charge >= 0.3 is 0 Å². The molecule has 0 spiro atoms. The molecule has 0 saturated carbocycles. The maximum absolute atomic E-state index is 10.6. The van der Waals surface area contributed by atoms with E-state index in [0.29, 0.717) is 12.5 Å². The number of hydrogen-bond acceptors (Lipinski definition) is 1. The maximum atomic E-state index is 10.6. The molecule has 1 rings (SSSR count). The normalized spacial score (nSPS) is 12.9. The molecule has 0 saturated heterocycles. The highest BCUT2D eigenvalue weighted by Gasteiger charge is 2.02. The molecule has 1 aromatic rings. The SMILES string of the molecule is C[C@@H](CN)c1cccc(C[O])c1. The average molecular weight is 164 g/mol. The van der Waals surface area contributed by atoms with E-state index in [4.69, 9.17) is 5.73 Å². The maximum Gasteiger partial charge on any atom is 0.107 e. The van der Waals surface area contributed by atoms with Crippen LogP contribution in [0.3, 0.4) is 0 Å². The van der Waals surface area contributed by atoms with Gasteiger partial charge in [-0.2, -0.15) is 0 Å². The third kappa shape index (κ3) is 2.06. The van der Waals surface area contributed by atoms with Crippen molar-refractivity contribution in [2.45, 2.75) is 19.4 Å². The molecule has 0 aliphatic carbocycles. The van der Waals surface area contributed by atoms with Gasteiger partial charge < -0.3 is 5.73 Å². The Morgan fingerprint density at radius 3 is 2.83 bits per heavy atom. The summed E-state index contributed by atoms with van der Waals surface area (Å²) in [6.07, 6.45) is 0. The Bertz CT molecular complexity index is 247. The van der Waals surface area contributed by atoms with Gasteiger partial charge in [0.25, 0.3) is 0 Å². The molecule has 2 N–H and O–H groups in total. The molecule has 1 atom stereocenters. The molecule has 65 valence electrons. The molecule has 0 aliphatic rings. The van der Waals surface area contributed by atoms with Crippen LogP contribution in [-0.4, -0.2) is 6.54 Å². The fourth-order valence-corrected chi connectivity index (χ4v) is 1.13. The smallest absolute Gasteiger partial charge is 0.107 e. The Morgan fingerprint density at radius 2 is 2.25 bits per heavy atom. The quantitative estimate of drug-likeness (QED) is 0.725. The van der Waals surface area contributed by atoms with Gasteiger partial charge in [-0.15, -0.1) is 0 Å². The molecular weight excluding hydrogens is 150 g/mol. The second-order valence-electron chi connectivity index (χ2n) is 3.03. The van der Waals surface area contributed by atoms with Gasteiger partial charge in [-0.3, -0.25) is 0 Å². The lowest BCUT2D eigenvalue weighted by molar-refractivity contribution is 0.177. The summed E-state index contributed by atoms with van der Waals surface area (Å²) in [6.45, 7) is 2.54. The molecule has 2 nitrogen and oxygen atoms in total. The molecule has 0 unspecified atom stereocenters. The van der Waals surface area contributed by atoms with E-state index >= 15 is 0 Å². The van der Waals surface area contributed by atoms with Crippen molar-refractivity contribution in [3.05, 3.63) is 35.4 Å². The van der Waals surface area contributed by atoms with Crippen LogP contribution in [0, 0.1) is 0 Å². The van der Waals surface area contributed by atoms with E-state index in [1.165, 1.54) is 0 Å².